The Balaban J connectivity index is 2.00. The molecule has 2 aromatic rings. The molecular formula is C16H13ClN4O5. The molecule has 0 bridgehead atoms. The van der Waals surface area contributed by atoms with Crippen LogP contribution in [0.4, 0.5) is 11.4 Å². The summed E-state index contributed by atoms with van der Waals surface area (Å²) < 4.78 is 0. The van der Waals surface area contributed by atoms with Crippen LogP contribution in [0.5, 0.6) is 5.75 Å². The Morgan fingerprint density at radius 1 is 1.23 bits per heavy atom. The van der Waals surface area contributed by atoms with Gasteiger partial charge in [-0.3, -0.25) is 19.7 Å². The summed E-state index contributed by atoms with van der Waals surface area (Å²) in [6, 6.07) is 8.06. The molecule has 0 aliphatic carbocycles. The number of nitrogens with one attached hydrogen (secondary N) is 2. The number of hydrazone groups is 1. The van der Waals surface area contributed by atoms with Gasteiger partial charge in [-0.25, -0.2) is 5.43 Å². The monoisotopic (exact) mass is 376 g/mol. The average molecular weight is 377 g/mol. The van der Waals surface area contributed by atoms with Crippen molar-refractivity contribution in [3.63, 3.8) is 0 Å². The van der Waals surface area contributed by atoms with Crippen molar-refractivity contribution in [3.8, 4) is 5.75 Å². The van der Waals surface area contributed by atoms with Crippen molar-refractivity contribution in [1.82, 2.24) is 5.43 Å². The molecule has 0 atom stereocenters. The van der Waals surface area contributed by atoms with Gasteiger partial charge in [0.05, 0.1) is 11.1 Å². The second kappa shape index (κ2) is 8.08. The smallest absolute Gasteiger partial charge is 0.329 e. The van der Waals surface area contributed by atoms with Gasteiger partial charge in [0, 0.05) is 28.4 Å². The Labute approximate surface area is 152 Å². The highest BCUT2D eigenvalue weighted by molar-refractivity contribution is 6.39. The predicted octanol–water partition coefficient (Wildman–Crippen LogP) is 2.35. The average Bonchev–Trinajstić information content (AvgIpc) is 2.59. The SMILES string of the molecule is Cc1ccc(NC(=O)C(=O)N/N=C\c2cc([N+](=O)[O-])ccc2O)cc1Cl. The minimum atomic E-state index is -1.07. The molecule has 9 nitrogen and oxygen atoms in total. The predicted molar refractivity (Wildman–Crippen MR) is 95.3 cm³/mol. The Hall–Kier alpha value is -3.46. The summed E-state index contributed by atoms with van der Waals surface area (Å²) in [4.78, 5) is 33.5. The normalized spacial score (nSPS) is 10.5. The number of halogens is 1. The summed E-state index contributed by atoms with van der Waals surface area (Å²) in [7, 11) is 0. The third-order valence-corrected chi connectivity index (χ3v) is 3.63. The third-order valence-electron chi connectivity index (χ3n) is 3.23. The Morgan fingerprint density at radius 2 is 1.96 bits per heavy atom. The molecule has 0 aliphatic rings. The fourth-order valence-corrected chi connectivity index (χ4v) is 2.01. The van der Waals surface area contributed by atoms with Gasteiger partial charge in [-0.05, 0) is 30.7 Å². The maximum Gasteiger partial charge on any atom is 0.329 e. The number of carbonyl (C=O) groups is 2. The van der Waals surface area contributed by atoms with Crippen molar-refractivity contribution in [1.29, 1.82) is 0 Å². The Kier molecular flexibility index (Phi) is 5.86. The number of nitrogens with zero attached hydrogens (tertiary/aromatic N) is 2. The second-order valence-electron chi connectivity index (χ2n) is 5.12. The van der Waals surface area contributed by atoms with Crippen LogP contribution in [-0.4, -0.2) is 28.1 Å². The van der Waals surface area contributed by atoms with E-state index in [0.717, 1.165) is 30.0 Å². The van der Waals surface area contributed by atoms with Gasteiger partial charge in [0.25, 0.3) is 5.69 Å². The summed E-state index contributed by atoms with van der Waals surface area (Å²) in [6.07, 6.45) is 0.982. The number of nitro groups is 1. The molecule has 0 fully saturated rings. The van der Waals surface area contributed by atoms with E-state index in [2.05, 4.69) is 10.4 Å². The molecule has 26 heavy (non-hydrogen) atoms. The van der Waals surface area contributed by atoms with Crippen LogP contribution in [0.15, 0.2) is 41.5 Å². The maximum absolute atomic E-state index is 11.8. The number of rotatable bonds is 4. The van der Waals surface area contributed by atoms with E-state index >= 15 is 0 Å². The largest absolute Gasteiger partial charge is 0.507 e. The van der Waals surface area contributed by atoms with Gasteiger partial charge in [-0.15, -0.1) is 0 Å². The lowest BCUT2D eigenvalue weighted by Crippen LogP contribution is -2.32. The first kappa shape index (κ1) is 18.9. The molecule has 0 saturated carbocycles. The van der Waals surface area contributed by atoms with Gasteiger partial charge in [0.15, 0.2) is 0 Å². The van der Waals surface area contributed by atoms with Gasteiger partial charge in [-0.1, -0.05) is 17.7 Å². The molecular weight excluding hydrogens is 364 g/mol. The fourth-order valence-electron chi connectivity index (χ4n) is 1.83. The lowest BCUT2D eigenvalue weighted by Gasteiger charge is -2.05. The summed E-state index contributed by atoms with van der Waals surface area (Å²) in [5.74, 6) is -2.32. The molecule has 10 heteroatoms. The van der Waals surface area contributed by atoms with Crippen LogP contribution in [0.1, 0.15) is 11.1 Å². The number of carbonyl (C=O) groups excluding carboxylic acids is 2. The lowest BCUT2D eigenvalue weighted by molar-refractivity contribution is -0.384. The number of phenols is 1. The van der Waals surface area contributed by atoms with Crippen molar-refractivity contribution >= 4 is 41.0 Å². The van der Waals surface area contributed by atoms with Crippen LogP contribution < -0.4 is 10.7 Å². The molecule has 0 aromatic heterocycles. The minimum absolute atomic E-state index is 0.00484. The molecule has 0 saturated heterocycles. The van der Waals surface area contributed by atoms with E-state index in [1.165, 1.54) is 6.07 Å². The maximum atomic E-state index is 11.8. The van der Waals surface area contributed by atoms with Crippen LogP contribution in [0.3, 0.4) is 0 Å². The van der Waals surface area contributed by atoms with Gasteiger partial charge in [0.2, 0.25) is 0 Å². The number of non-ortho nitro benzene ring substituents is 1. The molecule has 0 spiro atoms. The second-order valence-corrected chi connectivity index (χ2v) is 5.52. The van der Waals surface area contributed by atoms with E-state index in [-0.39, 0.29) is 17.0 Å². The van der Waals surface area contributed by atoms with E-state index in [1.807, 2.05) is 5.43 Å². The number of nitro benzene ring substituents is 1. The molecule has 0 radical (unpaired) electrons. The summed E-state index contributed by atoms with van der Waals surface area (Å²) >= 11 is 5.93. The van der Waals surface area contributed by atoms with Gasteiger partial charge >= 0.3 is 11.8 Å². The lowest BCUT2D eigenvalue weighted by atomic mass is 10.2. The van der Waals surface area contributed by atoms with Crippen molar-refractivity contribution in [2.75, 3.05) is 5.32 Å². The third kappa shape index (κ3) is 4.77. The first-order chi connectivity index (χ1) is 12.3. The van der Waals surface area contributed by atoms with Crippen molar-refractivity contribution in [2.24, 2.45) is 5.10 Å². The van der Waals surface area contributed by atoms with E-state index in [4.69, 9.17) is 11.6 Å². The molecule has 3 N–H and O–H groups in total. The first-order valence-corrected chi connectivity index (χ1v) is 7.53. The van der Waals surface area contributed by atoms with Crippen LogP contribution in [0.2, 0.25) is 5.02 Å². The number of benzene rings is 2. The fraction of sp³-hybridized carbons (Fsp3) is 0.0625. The quantitative estimate of drug-likeness (QED) is 0.326. The number of anilines is 1. The van der Waals surface area contributed by atoms with E-state index < -0.39 is 16.7 Å². The number of phenolic OH excluding ortho intramolecular Hbond substituents is 1. The molecule has 2 aromatic carbocycles. The molecule has 0 heterocycles. The highest BCUT2D eigenvalue weighted by atomic mass is 35.5. The molecule has 0 aliphatic heterocycles. The highest BCUT2D eigenvalue weighted by Gasteiger charge is 2.14. The highest BCUT2D eigenvalue weighted by Crippen LogP contribution is 2.21. The molecule has 2 amide bonds. The van der Waals surface area contributed by atoms with Crippen LogP contribution >= 0.6 is 11.6 Å². The van der Waals surface area contributed by atoms with Crippen molar-refractivity contribution < 1.29 is 19.6 Å². The zero-order chi connectivity index (χ0) is 19.3. The number of aryl methyl sites for hydroxylation is 1. The summed E-state index contributed by atoms with van der Waals surface area (Å²) in [5.41, 5.74) is 2.85. The molecule has 134 valence electrons. The summed E-state index contributed by atoms with van der Waals surface area (Å²) in [6.45, 7) is 1.79. The van der Waals surface area contributed by atoms with Crippen LogP contribution in [0, 0.1) is 17.0 Å². The first-order valence-electron chi connectivity index (χ1n) is 7.16. The van der Waals surface area contributed by atoms with E-state index in [0.29, 0.717) is 10.7 Å². The minimum Gasteiger partial charge on any atom is -0.507 e. The van der Waals surface area contributed by atoms with E-state index in [9.17, 15) is 24.8 Å². The number of amides is 2. The summed E-state index contributed by atoms with van der Waals surface area (Å²) in [5, 5.41) is 26.6. The number of aromatic hydroxyl groups is 1. The molecule has 2 rings (SSSR count). The van der Waals surface area contributed by atoms with Gasteiger partial charge < -0.3 is 10.4 Å². The van der Waals surface area contributed by atoms with Crippen LogP contribution in [-0.2, 0) is 9.59 Å². The number of hydrogen-bond donors (Lipinski definition) is 3. The van der Waals surface area contributed by atoms with Crippen molar-refractivity contribution in [3.05, 3.63) is 62.7 Å². The zero-order valence-corrected chi connectivity index (χ0v) is 14.1. The topological polar surface area (TPSA) is 134 Å². The van der Waals surface area contributed by atoms with Gasteiger partial charge in [-0.2, -0.15) is 5.10 Å². The Bertz CT molecular complexity index is 914. The van der Waals surface area contributed by atoms with Crippen LogP contribution in [0.25, 0.3) is 0 Å². The molecule has 0 unspecified atom stereocenters. The van der Waals surface area contributed by atoms with Crippen molar-refractivity contribution in [2.45, 2.75) is 6.92 Å². The number of hydrogen-bond acceptors (Lipinski definition) is 6. The zero-order valence-electron chi connectivity index (χ0n) is 13.4. The Morgan fingerprint density at radius 3 is 2.62 bits per heavy atom. The van der Waals surface area contributed by atoms with E-state index in [1.54, 1.807) is 19.1 Å². The standard InChI is InChI=1S/C16H13ClN4O5/c1-9-2-3-11(7-13(9)17)19-15(23)16(24)20-18-8-10-6-12(21(25)26)4-5-14(10)22/h2-8,22H,1H3,(H,19,23)(H,20,24)/b18-8-. The van der Waals surface area contributed by atoms with Gasteiger partial charge in [0.1, 0.15) is 5.75 Å².